The van der Waals surface area contributed by atoms with Crippen LogP contribution >= 0.6 is 0 Å². The van der Waals surface area contributed by atoms with Crippen molar-refractivity contribution in [1.82, 2.24) is 19.9 Å². The molecule has 2 aliphatic rings. The van der Waals surface area contributed by atoms with Crippen molar-refractivity contribution >= 4 is 17.6 Å². The minimum absolute atomic E-state index is 0.288. The van der Waals surface area contributed by atoms with Crippen LogP contribution in [-0.4, -0.2) is 86.4 Å². The number of nitrogens with zero attached hydrogens (tertiary/aromatic N) is 6. The maximum atomic E-state index is 14.2. The van der Waals surface area contributed by atoms with Gasteiger partial charge in [-0.1, -0.05) is 0 Å². The third kappa shape index (κ3) is 6.74. The summed E-state index contributed by atoms with van der Waals surface area (Å²) in [5.74, 6) is 2.23. The average Bonchev–Trinajstić information content (AvgIpc) is 2.85. The number of rotatable bonds is 9. The van der Waals surface area contributed by atoms with Crippen molar-refractivity contribution in [3.8, 4) is 0 Å². The van der Waals surface area contributed by atoms with Gasteiger partial charge in [0.15, 0.2) is 11.6 Å². The van der Waals surface area contributed by atoms with Crippen molar-refractivity contribution in [2.45, 2.75) is 25.7 Å². The molecule has 2 saturated heterocycles. The zero-order valence-corrected chi connectivity index (χ0v) is 19.8. The van der Waals surface area contributed by atoms with Gasteiger partial charge < -0.3 is 24.8 Å². The van der Waals surface area contributed by atoms with Crippen LogP contribution in [0.15, 0.2) is 24.5 Å². The maximum absolute atomic E-state index is 14.2. The Balaban J connectivity index is 1.18. The molecule has 4 rings (SSSR count). The number of aryl methyl sites for hydroxylation is 1. The summed E-state index contributed by atoms with van der Waals surface area (Å²) in [5.41, 5.74) is 1.36. The summed E-state index contributed by atoms with van der Waals surface area (Å²) in [4.78, 5) is 19.5. The van der Waals surface area contributed by atoms with Crippen molar-refractivity contribution in [1.29, 1.82) is 0 Å². The van der Waals surface area contributed by atoms with Crippen LogP contribution < -0.4 is 15.1 Å². The Morgan fingerprint density at radius 1 is 1.15 bits per heavy atom. The van der Waals surface area contributed by atoms with Crippen LogP contribution in [0.2, 0.25) is 0 Å². The van der Waals surface area contributed by atoms with E-state index in [1.165, 1.54) is 31.0 Å². The number of hydrogen-bond donors (Lipinski definition) is 1. The predicted molar refractivity (Wildman–Crippen MR) is 130 cm³/mol. The third-order valence-electron chi connectivity index (χ3n) is 6.56. The van der Waals surface area contributed by atoms with E-state index in [1.54, 1.807) is 0 Å². The largest absolute Gasteiger partial charge is 0.378 e. The minimum atomic E-state index is -0.403. The molecule has 4 heterocycles. The van der Waals surface area contributed by atoms with Gasteiger partial charge in [0.05, 0.1) is 19.4 Å². The second-order valence-corrected chi connectivity index (χ2v) is 9.13. The van der Waals surface area contributed by atoms with E-state index in [1.807, 2.05) is 30.1 Å². The molecule has 9 heteroatoms. The normalized spacial score (nSPS) is 17.8. The molecular weight excluding hydrogens is 421 g/mol. The summed E-state index contributed by atoms with van der Waals surface area (Å²) in [5, 5.41) is 3.18. The SMILES string of the molecule is CN(C)c1cc(CCC2CCN(CCNc3nc(N4CCOCC4)ncc3F)CC2)ccn1. The molecule has 33 heavy (non-hydrogen) atoms. The van der Waals surface area contributed by atoms with Gasteiger partial charge in [0.25, 0.3) is 0 Å². The van der Waals surface area contributed by atoms with Gasteiger partial charge in [0.1, 0.15) is 5.82 Å². The van der Waals surface area contributed by atoms with Gasteiger partial charge in [-0.15, -0.1) is 0 Å². The lowest BCUT2D eigenvalue weighted by Crippen LogP contribution is -2.38. The van der Waals surface area contributed by atoms with Crippen molar-refractivity contribution < 1.29 is 9.13 Å². The van der Waals surface area contributed by atoms with Gasteiger partial charge in [-0.3, -0.25) is 0 Å². The van der Waals surface area contributed by atoms with E-state index in [0.717, 1.165) is 50.9 Å². The van der Waals surface area contributed by atoms with Crippen LogP contribution in [-0.2, 0) is 11.2 Å². The number of nitrogens with one attached hydrogen (secondary N) is 1. The van der Waals surface area contributed by atoms with Gasteiger partial charge in [0, 0.05) is 46.5 Å². The number of ether oxygens (including phenoxy) is 1. The molecule has 0 saturated carbocycles. The fourth-order valence-corrected chi connectivity index (χ4v) is 4.46. The first-order chi connectivity index (χ1) is 16.1. The van der Waals surface area contributed by atoms with Crippen LogP contribution in [0.5, 0.6) is 0 Å². The highest BCUT2D eigenvalue weighted by atomic mass is 19.1. The van der Waals surface area contributed by atoms with Gasteiger partial charge in [-0.05, 0) is 62.4 Å². The molecule has 0 radical (unpaired) electrons. The first-order valence-electron chi connectivity index (χ1n) is 12.0. The number of anilines is 3. The highest BCUT2D eigenvalue weighted by Gasteiger charge is 2.20. The molecule has 1 N–H and O–H groups in total. The monoisotopic (exact) mass is 457 g/mol. The fourth-order valence-electron chi connectivity index (χ4n) is 4.46. The summed E-state index contributed by atoms with van der Waals surface area (Å²) in [6.45, 7) is 6.52. The van der Waals surface area contributed by atoms with Crippen LogP contribution in [0, 0.1) is 11.7 Å². The lowest BCUT2D eigenvalue weighted by molar-refractivity contribution is 0.122. The number of piperidine rings is 1. The molecular formula is C24H36FN7O. The van der Waals surface area contributed by atoms with E-state index >= 15 is 0 Å². The minimum Gasteiger partial charge on any atom is -0.378 e. The summed E-state index contributed by atoms with van der Waals surface area (Å²) < 4.78 is 19.6. The standard InChI is InChI=1S/C24H36FN7O/c1-30(2)22-17-20(5-8-26-22)4-3-19-6-10-31(11-7-19)12-9-27-23-21(25)18-28-24(29-23)32-13-15-33-16-14-32/h5,8,17-19H,3-4,6-7,9-16H2,1-2H3,(H,27,28,29). The Hall–Kier alpha value is -2.52. The number of aromatic nitrogens is 3. The summed E-state index contributed by atoms with van der Waals surface area (Å²) in [6.07, 6.45) is 7.93. The molecule has 2 aliphatic heterocycles. The van der Waals surface area contributed by atoms with E-state index in [2.05, 4.69) is 37.3 Å². The Morgan fingerprint density at radius 2 is 1.94 bits per heavy atom. The molecule has 8 nitrogen and oxygen atoms in total. The smallest absolute Gasteiger partial charge is 0.227 e. The predicted octanol–water partition coefficient (Wildman–Crippen LogP) is 2.67. The number of pyridine rings is 1. The number of hydrogen-bond acceptors (Lipinski definition) is 8. The number of morpholine rings is 1. The molecule has 180 valence electrons. The molecule has 0 aromatic carbocycles. The zero-order chi connectivity index (χ0) is 23.0. The third-order valence-corrected chi connectivity index (χ3v) is 6.56. The lowest BCUT2D eigenvalue weighted by atomic mass is 9.90. The average molecular weight is 458 g/mol. The summed E-state index contributed by atoms with van der Waals surface area (Å²) in [7, 11) is 4.05. The Kier molecular flexibility index (Phi) is 8.28. The molecule has 0 bridgehead atoms. The summed E-state index contributed by atoms with van der Waals surface area (Å²) in [6, 6.07) is 4.32. The van der Waals surface area contributed by atoms with E-state index in [0.29, 0.717) is 25.7 Å². The van der Waals surface area contributed by atoms with Gasteiger partial charge in [-0.2, -0.15) is 4.98 Å². The van der Waals surface area contributed by atoms with Gasteiger partial charge in [-0.25, -0.2) is 14.4 Å². The molecule has 0 unspecified atom stereocenters. The number of likely N-dealkylation sites (tertiary alicyclic amines) is 1. The first-order valence-corrected chi connectivity index (χ1v) is 12.0. The van der Waals surface area contributed by atoms with Crippen LogP contribution in [0.3, 0.4) is 0 Å². The lowest BCUT2D eigenvalue weighted by Gasteiger charge is -2.32. The molecule has 0 aliphatic carbocycles. The Labute approximate surface area is 196 Å². The van der Waals surface area contributed by atoms with Gasteiger partial charge in [0.2, 0.25) is 5.95 Å². The first kappa shape index (κ1) is 23.6. The van der Waals surface area contributed by atoms with Crippen molar-refractivity contribution in [2.75, 3.05) is 81.7 Å². The molecule has 0 amide bonds. The zero-order valence-electron chi connectivity index (χ0n) is 19.8. The molecule has 0 atom stereocenters. The van der Waals surface area contributed by atoms with Crippen LogP contribution in [0.4, 0.5) is 22.0 Å². The van der Waals surface area contributed by atoms with E-state index in [-0.39, 0.29) is 5.82 Å². The van der Waals surface area contributed by atoms with Crippen LogP contribution in [0.1, 0.15) is 24.8 Å². The quantitative estimate of drug-likeness (QED) is 0.616. The second kappa shape index (κ2) is 11.6. The molecule has 2 aromatic rings. The number of halogens is 1. The van der Waals surface area contributed by atoms with Crippen LogP contribution in [0.25, 0.3) is 0 Å². The molecule has 2 fully saturated rings. The molecule has 2 aromatic heterocycles. The molecule has 0 spiro atoms. The van der Waals surface area contributed by atoms with E-state index < -0.39 is 5.82 Å². The van der Waals surface area contributed by atoms with Crippen molar-refractivity contribution in [3.05, 3.63) is 35.9 Å². The maximum Gasteiger partial charge on any atom is 0.227 e. The Morgan fingerprint density at radius 3 is 2.70 bits per heavy atom. The topological polar surface area (TPSA) is 69.7 Å². The van der Waals surface area contributed by atoms with Gasteiger partial charge >= 0.3 is 0 Å². The Bertz CT molecular complexity index is 883. The summed E-state index contributed by atoms with van der Waals surface area (Å²) >= 11 is 0. The van der Waals surface area contributed by atoms with E-state index in [4.69, 9.17) is 4.74 Å². The van der Waals surface area contributed by atoms with Crippen molar-refractivity contribution in [3.63, 3.8) is 0 Å². The highest BCUT2D eigenvalue weighted by Crippen LogP contribution is 2.23. The van der Waals surface area contributed by atoms with E-state index in [9.17, 15) is 4.39 Å². The fraction of sp³-hybridized carbons (Fsp3) is 0.625. The second-order valence-electron chi connectivity index (χ2n) is 9.13. The highest BCUT2D eigenvalue weighted by molar-refractivity contribution is 5.43. The van der Waals surface area contributed by atoms with Crippen molar-refractivity contribution in [2.24, 2.45) is 5.92 Å².